The molecule has 0 atom stereocenters. The summed E-state index contributed by atoms with van der Waals surface area (Å²) >= 11 is 0.931. The first-order valence-electron chi connectivity index (χ1n) is 11.5. The lowest BCUT2D eigenvalue weighted by atomic mass is 10.1. The van der Waals surface area contributed by atoms with Crippen molar-refractivity contribution in [3.05, 3.63) is 100.0 Å². The molecule has 1 aliphatic rings. The molecule has 4 rings (SSSR count). The molecule has 0 spiro atoms. The molecular formula is C28H25NO6S. The molecule has 0 unspecified atom stereocenters. The Bertz CT molecular complexity index is 1290. The second kappa shape index (κ2) is 11.6. The van der Waals surface area contributed by atoms with Crippen molar-refractivity contribution >= 4 is 35.0 Å². The highest BCUT2D eigenvalue weighted by Crippen LogP contribution is 2.35. The van der Waals surface area contributed by atoms with Crippen molar-refractivity contribution in [2.24, 2.45) is 0 Å². The van der Waals surface area contributed by atoms with Gasteiger partial charge >= 0.3 is 5.97 Å². The Balaban J connectivity index is 1.44. The number of hydrogen-bond acceptors (Lipinski definition) is 6. The predicted molar refractivity (Wildman–Crippen MR) is 138 cm³/mol. The zero-order valence-corrected chi connectivity index (χ0v) is 20.5. The number of nitrogens with zero attached hydrogens (tertiary/aromatic N) is 1. The van der Waals surface area contributed by atoms with Gasteiger partial charge in [-0.3, -0.25) is 14.5 Å². The van der Waals surface area contributed by atoms with Gasteiger partial charge in [0.2, 0.25) is 0 Å². The molecule has 3 aromatic rings. The minimum atomic E-state index is -0.981. The van der Waals surface area contributed by atoms with Gasteiger partial charge in [0.1, 0.15) is 6.61 Å². The molecule has 36 heavy (non-hydrogen) atoms. The highest BCUT2D eigenvalue weighted by Gasteiger charge is 2.34. The number of carbonyl (C=O) groups is 3. The number of imide groups is 1. The average Bonchev–Trinajstić information content (AvgIpc) is 3.15. The van der Waals surface area contributed by atoms with Gasteiger partial charge in [-0.2, -0.15) is 0 Å². The van der Waals surface area contributed by atoms with Crippen LogP contribution < -0.4 is 9.47 Å². The van der Waals surface area contributed by atoms with Crippen LogP contribution in [0.4, 0.5) is 4.79 Å². The third-order valence-electron chi connectivity index (χ3n) is 5.50. The van der Waals surface area contributed by atoms with Crippen molar-refractivity contribution in [1.29, 1.82) is 0 Å². The van der Waals surface area contributed by atoms with Crippen LogP contribution in [0.3, 0.4) is 0 Å². The number of thioether (sulfide) groups is 1. The summed E-state index contributed by atoms with van der Waals surface area (Å²) in [5.41, 5.74) is 2.80. The molecule has 0 aliphatic carbocycles. The van der Waals surface area contributed by atoms with Crippen LogP contribution in [0.1, 0.15) is 34.0 Å². The summed E-state index contributed by atoms with van der Waals surface area (Å²) in [6, 6.07) is 21.5. The van der Waals surface area contributed by atoms with Crippen molar-refractivity contribution in [2.75, 3.05) is 13.2 Å². The van der Waals surface area contributed by atoms with E-state index in [9.17, 15) is 14.4 Å². The van der Waals surface area contributed by atoms with Gasteiger partial charge in [0.05, 0.1) is 17.1 Å². The Morgan fingerprint density at radius 1 is 0.944 bits per heavy atom. The minimum Gasteiger partial charge on any atom is -0.490 e. The van der Waals surface area contributed by atoms with Crippen molar-refractivity contribution in [1.82, 2.24) is 4.90 Å². The first-order valence-corrected chi connectivity index (χ1v) is 12.3. The van der Waals surface area contributed by atoms with Gasteiger partial charge in [0, 0.05) is 6.54 Å². The van der Waals surface area contributed by atoms with E-state index in [2.05, 4.69) is 0 Å². The van der Waals surface area contributed by atoms with Crippen LogP contribution >= 0.6 is 11.8 Å². The Kier molecular flexibility index (Phi) is 8.07. The number of benzene rings is 3. The van der Waals surface area contributed by atoms with Crippen molar-refractivity contribution in [3.8, 4) is 11.5 Å². The second-order valence-electron chi connectivity index (χ2n) is 8.00. The number of carbonyl (C=O) groups excluding carboxylic acids is 2. The van der Waals surface area contributed by atoms with Gasteiger partial charge in [-0.25, -0.2) is 4.79 Å². The molecule has 1 heterocycles. The van der Waals surface area contributed by atoms with E-state index >= 15 is 0 Å². The molecule has 8 heteroatoms. The van der Waals surface area contributed by atoms with Gasteiger partial charge in [0.15, 0.2) is 11.5 Å². The van der Waals surface area contributed by atoms with Gasteiger partial charge in [-0.15, -0.1) is 0 Å². The highest BCUT2D eigenvalue weighted by molar-refractivity contribution is 8.18. The quantitative estimate of drug-likeness (QED) is 0.358. The van der Waals surface area contributed by atoms with Crippen molar-refractivity contribution in [3.63, 3.8) is 0 Å². The zero-order chi connectivity index (χ0) is 25.5. The smallest absolute Gasteiger partial charge is 0.335 e. The lowest BCUT2D eigenvalue weighted by Crippen LogP contribution is -2.30. The summed E-state index contributed by atoms with van der Waals surface area (Å²) in [6.45, 7) is 2.85. The van der Waals surface area contributed by atoms with Gasteiger partial charge in [-0.1, -0.05) is 48.5 Å². The number of amides is 2. The molecule has 1 N–H and O–H groups in total. The topological polar surface area (TPSA) is 93.1 Å². The second-order valence-corrected chi connectivity index (χ2v) is 8.99. The first-order chi connectivity index (χ1) is 17.4. The monoisotopic (exact) mass is 503 g/mol. The van der Waals surface area contributed by atoms with Crippen LogP contribution in [0.15, 0.2) is 77.7 Å². The fourth-order valence-electron chi connectivity index (χ4n) is 3.64. The molecule has 0 bridgehead atoms. The molecule has 184 valence electrons. The van der Waals surface area contributed by atoms with E-state index in [4.69, 9.17) is 14.6 Å². The minimum absolute atomic E-state index is 0.211. The van der Waals surface area contributed by atoms with Gasteiger partial charge in [0.25, 0.3) is 11.1 Å². The maximum absolute atomic E-state index is 12.9. The maximum atomic E-state index is 12.9. The number of ether oxygens (including phenoxy) is 2. The average molecular weight is 504 g/mol. The van der Waals surface area contributed by atoms with E-state index in [-0.39, 0.29) is 23.3 Å². The molecule has 0 radical (unpaired) electrons. The van der Waals surface area contributed by atoms with Crippen LogP contribution in [0, 0.1) is 0 Å². The molecular weight excluding hydrogens is 478 g/mol. The van der Waals surface area contributed by atoms with E-state index in [0.29, 0.717) is 41.5 Å². The SMILES string of the molecule is CCOc1cc(/C=C2\SC(=O)N(CCc3ccccc3)C2=O)ccc1OCc1ccc(C(=O)O)cc1. The fraction of sp³-hybridized carbons (Fsp3) is 0.179. The van der Waals surface area contributed by atoms with Gasteiger partial charge < -0.3 is 14.6 Å². The molecule has 7 nitrogen and oxygen atoms in total. The molecule has 2 amide bonds. The van der Waals surface area contributed by atoms with E-state index in [1.165, 1.54) is 17.0 Å². The number of aromatic carboxylic acids is 1. The Morgan fingerprint density at radius 3 is 2.39 bits per heavy atom. The normalized spacial score (nSPS) is 14.4. The summed E-state index contributed by atoms with van der Waals surface area (Å²) in [6.07, 6.45) is 2.29. The molecule has 1 aliphatic heterocycles. The number of rotatable bonds is 10. The maximum Gasteiger partial charge on any atom is 0.335 e. The summed E-state index contributed by atoms with van der Waals surface area (Å²) in [5.74, 6) is -0.251. The van der Waals surface area contributed by atoms with Crippen molar-refractivity contribution < 1.29 is 29.0 Å². The fourth-order valence-corrected chi connectivity index (χ4v) is 4.50. The Morgan fingerprint density at radius 2 is 1.69 bits per heavy atom. The standard InChI is InChI=1S/C28H25NO6S/c1-2-34-24-16-21(10-13-23(24)35-18-20-8-11-22(12-9-20)27(31)32)17-25-26(30)29(28(33)36-25)15-14-19-6-4-3-5-7-19/h3-13,16-17H,2,14-15,18H2,1H3,(H,31,32)/b25-17-. The number of carboxylic acid groups (broad SMARTS) is 1. The summed E-state index contributed by atoms with van der Waals surface area (Å²) in [5, 5.41) is 8.75. The van der Waals surface area contributed by atoms with Crippen LogP contribution in [0.2, 0.25) is 0 Å². The van der Waals surface area contributed by atoms with Gasteiger partial charge in [-0.05, 0) is 72.1 Å². The summed E-state index contributed by atoms with van der Waals surface area (Å²) in [4.78, 5) is 38.0. The van der Waals surface area contributed by atoms with E-state index in [1.54, 1.807) is 36.4 Å². The summed E-state index contributed by atoms with van der Waals surface area (Å²) < 4.78 is 11.6. The first kappa shape index (κ1) is 25.1. The highest BCUT2D eigenvalue weighted by atomic mass is 32.2. The van der Waals surface area contributed by atoms with E-state index in [0.717, 1.165) is 22.9 Å². The van der Waals surface area contributed by atoms with E-state index in [1.807, 2.05) is 37.3 Å². The molecule has 1 fully saturated rings. The third kappa shape index (κ3) is 6.14. The van der Waals surface area contributed by atoms with Crippen LogP contribution in [-0.4, -0.2) is 40.3 Å². The van der Waals surface area contributed by atoms with E-state index < -0.39 is 5.97 Å². The predicted octanol–water partition coefficient (Wildman–Crippen LogP) is 5.64. The van der Waals surface area contributed by atoms with Crippen LogP contribution in [0.5, 0.6) is 11.5 Å². The lowest BCUT2D eigenvalue weighted by molar-refractivity contribution is -0.122. The number of hydrogen-bond donors (Lipinski definition) is 1. The largest absolute Gasteiger partial charge is 0.490 e. The third-order valence-corrected chi connectivity index (χ3v) is 6.41. The zero-order valence-electron chi connectivity index (χ0n) is 19.7. The summed E-state index contributed by atoms with van der Waals surface area (Å²) in [7, 11) is 0. The van der Waals surface area contributed by atoms with Crippen LogP contribution in [-0.2, 0) is 17.8 Å². The Hall–Kier alpha value is -4.04. The molecule has 3 aromatic carbocycles. The van der Waals surface area contributed by atoms with Crippen molar-refractivity contribution in [2.45, 2.75) is 20.0 Å². The molecule has 0 aromatic heterocycles. The lowest BCUT2D eigenvalue weighted by Gasteiger charge is -2.13. The Labute approximate surface area is 213 Å². The molecule has 1 saturated heterocycles. The molecule has 0 saturated carbocycles. The van der Waals surface area contributed by atoms with Crippen LogP contribution in [0.25, 0.3) is 6.08 Å². The number of carboxylic acids is 1.